The lowest BCUT2D eigenvalue weighted by Crippen LogP contribution is -2.26. The van der Waals surface area contributed by atoms with Gasteiger partial charge in [0.05, 0.1) is 6.54 Å². The fraction of sp³-hybridized carbons (Fsp3) is 0.333. The first kappa shape index (κ1) is 6.67. The average Bonchev–Trinajstić information content (AvgIpc) is 2.04. The summed E-state index contributed by atoms with van der Waals surface area (Å²) >= 11 is 5.69. The van der Waals surface area contributed by atoms with Gasteiger partial charge < -0.3 is 10.1 Å². The van der Waals surface area contributed by atoms with Crippen LogP contribution in [0.25, 0.3) is 0 Å². The van der Waals surface area contributed by atoms with E-state index in [1.807, 2.05) is 0 Å². The number of ether oxygens (including phenoxy) is 1. The van der Waals surface area contributed by atoms with Gasteiger partial charge in [0, 0.05) is 12.4 Å². The molecule has 0 spiro atoms. The molecule has 0 amide bonds. The van der Waals surface area contributed by atoms with Crippen molar-refractivity contribution in [1.29, 1.82) is 0 Å². The number of hydrogen-bond acceptors (Lipinski definition) is 4. The van der Waals surface area contributed by atoms with Crippen molar-refractivity contribution in [3.63, 3.8) is 0 Å². The van der Waals surface area contributed by atoms with Gasteiger partial charge in [-0.3, -0.25) is 0 Å². The van der Waals surface area contributed by atoms with Gasteiger partial charge in [0.1, 0.15) is 0 Å². The van der Waals surface area contributed by atoms with E-state index in [1.165, 1.54) is 0 Å². The fourth-order valence-electron chi connectivity index (χ4n) is 0.872. The zero-order chi connectivity index (χ0) is 7.68. The molecule has 1 aliphatic rings. The number of alkyl halides is 1. The van der Waals surface area contributed by atoms with Gasteiger partial charge in [0.25, 0.3) is 5.88 Å². The lowest BCUT2D eigenvalue weighted by atomic mass is 10.5. The molecule has 5 heteroatoms. The third-order valence-electron chi connectivity index (χ3n) is 1.33. The molecule has 2 heterocycles. The highest BCUT2D eigenvalue weighted by atomic mass is 35.5. The highest BCUT2D eigenvalue weighted by molar-refractivity contribution is 6.20. The summed E-state index contributed by atoms with van der Waals surface area (Å²) < 4.78 is 5.16. The van der Waals surface area contributed by atoms with Crippen molar-refractivity contribution in [2.45, 2.75) is 5.56 Å². The van der Waals surface area contributed by atoms with Crippen LogP contribution < -0.4 is 10.1 Å². The Morgan fingerprint density at radius 3 is 3.27 bits per heavy atom. The molecule has 1 N–H and O–H groups in total. The van der Waals surface area contributed by atoms with Gasteiger partial charge in [-0.25, -0.2) is 9.97 Å². The zero-order valence-electron chi connectivity index (χ0n) is 5.62. The van der Waals surface area contributed by atoms with Gasteiger partial charge in [-0.15, -0.1) is 0 Å². The largest absolute Gasteiger partial charge is 0.453 e. The van der Waals surface area contributed by atoms with Crippen LogP contribution in [-0.2, 0) is 0 Å². The number of anilines is 1. The van der Waals surface area contributed by atoms with Crippen molar-refractivity contribution in [2.75, 3.05) is 11.9 Å². The van der Waals surface area contributed by atoms with E-state index in [-0.39, 0.29) is 5.56 Å². The SMILES string of the molecule is ClC1CNc2nccnc2O1. The van der Waals surface area contributed by atoms with Crippen molar-refractivity contribution in [3.05, 3.63) is 12.4 Å². The summed E-state index contributed by atoms with van der Waals surface area (Å²) in [5.41, 5.74) is -0.348. The van der Waals surface area contributed by atoms with Crippen LogP contribution in [0.5, 0.6) is 5.88 Å². The summed E-state index contributed by atoms with van der Waals surface area (Å²) in [6.07, 6.45) is 3.17. The molecule has 11 heavy (non-hydrogen) atoms. The fourth-order valence-corrected chi connectivity index (χ4v) is 1.03. The van der Waals surface area contributed by atoms with E-state index in [1.54, 1.807) is 12.4 Å². The van der Waals surface area contributed by atoms with Crippen LogP contribution in [0.4, 0.5) is 5.82 Å². The first-order chi connectivity index (χ1) is 5.36. The summed E-state index contributed by atoms with van der Waals surface area (Å²) in [5, 5.41) is 2.98. The Balaban J connectivity index is 2.34. The Morgan fingerprint density at radius 1 is 1.55 bits per heavy atom. The van der Waals surface area contributed by atoms with Crippen molar-refractivity contribution >= 4 is 17.4 Å². The van der Waals surface area contributed by atoms with E-state index in [0.29, 0.717) is 18.2 Å². The number of aromatic nitrogens is 2. The Labute approximate surface area is 68.6 Å². The molecule has 0 aliphatic carbocycles. The predicted octanol–water partition coefficient (Wildman–Crippen LogP) is 0.846. The van der Waals surface area contributed by atoms with E-state index in [0.717, 1.165) is 0 Å². The number of nitrogens with zero attached hydrogens (tertiary/aromatic N) is 2. The number of hydrogen-bond donors (Lipinski definition) is 1. The van der Waals surface area contributed by atoms with Gasteiger partial charge in [-0.05, 0) is 0 Å². The van der Waals surface area contributed by atoms with E-state index < -0.39 is 0 Å². The molecule has 0 bridgehead atoms. The lowest BCUT2D eigenvalue weighted by molar-refractivity contribution is 0.271. The zero-order valence-corrected chi connectivity index (χ0v) is 6.38. The normalized spacial score (nSPS) is 21.4. The molecule has 0 radical (unpaired) electrons. The Hall–Kier alpha value is -1.03. The minimum Gasteiger partial charge on any atom is -0.453 e. The van der Waals surface area contributed by atoms with Gasteiger partial charge in [0.15, 0.2) is 11.4 Å². The number of halogens is 1. The topological polar surface area (TPSA) is 47.0 Å². The molecule has 2 rings (SSSR count). The summed E-state index contributed by atoms with van der Waals surface area (Å²) in [7, 11) is 0. The van der Waals surface area contributed by atoms with Gasteiger partial charge in [-0.2, -0.15) is 0 Å². The highest BCUT2D eigenvalue weighted by Gasteiger charge is 2.17. The number of fused-ring (bicyclic) bond motifs is 1. The monoisotopic (exact) mass is 171 g/mol. The Bertz CT molecular complexity index is 268. The lowest BCUT2D eigenvalue weighted by Gasteiger charge is -2.20. The Morgan fingerprint density at radius 2 is 2.36 bits per heavy atom. The summed E-state index contributed by atoms with van der Waals surface area (Å²) in [5.74, 6) is 1.13. The van der Waals surface area contributed by atoms with Crippen LogP contribution in [0, 0.1) is 0 Å². The van der Waals surface area contributed by atoms with E-state index in [4.69, 9.17) is 16.3 Å². The second-order valence-corrected chi connectivity index (χ2v) is 2.61. The van der Waals surface area contributed by atoms with Crippen molar-refractivity contribution in [1.82, 2.24) is 9.97 Å². The van der Waals surface area contributed by atoms with Gasteiger partial charge in [-0.1, -0.05) is 11.6 Å². The smallest absolute Gasteiger partial charge is 0.258 e. The maximum atomic E-state index is 5.69. The van der Waals surface area contributed by atoms with Crippen LogP contribution in [0.2, 0.25) is 0 Å². The average molecular weight is 172 g/mol. The van der Waals surface area contributed by atoms with Crippen molar-refractivity contribution in [2.24, 2.45) is 0 Å². The maximum Gasteiger partial charge on any atom is 0.258 e. The summed E-state index contributed by atoms with van der Waals surface area (Å²) in [6, 6.07) is 0. The van der Waals surface area contributed by atoms with Crippen LogP contribution >= 0.6 is 11.6 Å². The molecule has 1 aromatic heterocycles. The van der Waals surface area contributed by atoms with E-state index in [9.17, 15) is 0 Å². The summed E-state index contributed by atoms with van der Waals surface area (Å²) in [6.45, 7) is 0.563. The molecule has 1 unspecified atom stereocenters. The molecule has 1 aromatic rings. The number of nitrogens with one attached hydrogen (secondary N) is 1. The van der Waals surface area contributed by atoms with E-state index >= 15 is 0 Å². The third-order valence-corrected chi connectivity index (χ3v) is 1.58. The molecular formula is C6H6ClN3O. The van der Waals surface area contributed by atoms with Crippen LogP contribution in [0.3, 0.4) is 0 Å². The molecule has 0 aromatic carbocycles. The Kier molecular flexibility index (Phi) is 1.54. The second kappa shape index (κ2) is 2.54. The van der Waals surface area contributed by atoms with Crippen LogP contribution in [-0.4, -0.2) is 22.1 Å². The predicted molar refractivity (Wildman–Crippen MR) is 40.8 cm³/mol. The van der Waals surface area contributed by atoms with Crippen LogP contribution in [0.1, 0.15) is 0 Å². The molecule has 1 aliphatic heterocycles. The van der Waals surface area contributed by atoms with Gasteiger partial charge in [0.2, 0.25) is 0 Å². The summed E-state index contributed by atoms with van der Waals surface area (Å²) in [4.78, 5) is 7.93. The molecule has 0 saturated heterocycles. The molecular weight excluding hydrogens is 166 g/mol. The second-order valence-electron chi connectivity index (χ2n) is 2.12. The van der Waals surface area contributed by atoms with E-state index in [2.05, 4.69) is 15.3 Å². The maximum absolute atomic E-state index is 5.69. The first-order valence-corrected chi connectivity index (χ1v) is 3.65. The van der Waals surface area contributed by atoms with Crippen molar-refractivity contribution in [3.8, 4) is 5.88 Å². The van der Waals surface area contributed by atoms with Gasteiger partial charge >= 0.3 is 0 Å². The molecule has 0 fully saturated rings. The molecule has 0 saturated carbocycles. The standard InChI is InChI=1S/C6H6ClN3O/c7-4-3-10-5-6(11-4)9-2-1-8-5/h1-2,4H,3H2,(H,8,10). The molecule has 4 nitrogen and oxygen atoms in total. The first-order valence-electron chi connectivity index (χ1n) is 3.22. The molecule has 1 atom stereocenters. The number of rotatable bonds is 0. The quantitative estimate of drug-likeness (QED) is 0.588. The molecule has 58 valence electrons. The van der Waals surface area contributed by atoms with Crippen LogP contribution in [0.15, 0.2) is 12.4 Å². The highest BCUT2D eigenvalue weighted by Crippen LogP contribution is 2.23. The third kappa shape index (κ3) is 1.21. The minimum absolute atomic E-state index is 0.348. The van der Waals surface area contributed by atoms with Crippen molar-refractivity contribution < 1.29 is 4.74 Å². The minimum atomic E-state index is -0.348.